The summed E-state index contributed by atoms with van der Waals surface area (Å²) in [6, 6.07) is 10.6. The van der Waals surface area contributed by atoms with Crippen molar-refractivity contribution in [2.45, 2.75) is 82.6 Å². The number of phenols is 1. The van der Waals surface area contributed by atoms with Crippen molar-refractivity contribution in [3.8, 4) is 11.5 Å². The Morgan fingerprint density at radius 3 is 2.58 bits per heavy atom. The molecule has 50 heavy (non-hydrogen) atoms. The van der Waals surface area contributed by atoms with E-state index < -0.39 is 48.1 Å². The third kappa shape index (κ3) is 8.22. The highest BCUT2D eigenvalue weighted by molar-refractivity contribution is 5.94. The van der Waals surface area contributed by atoms with Crippen molar-refractivity contribution >= 4 is 23.6 Å². The minimum absolute atomic E-state index is 0.0411. The first-order chi connectivity index (χ1) is 23.9. The summed E-state index contributed by atoms with van der Waals surface area (Å²) in [5, 5.41) is 56.3. The highest BCUT2D eigenvalue weighted by atomic mass is 16.7. The van der Waals surface area contributed by atoms with Crippen LogP contribution in [0.3, 0.4) is 0 Å². The molecule has 2 fully saturated rings. The molecule has 3 aliphatic rings. The lowest BCUT2D eigenvalue weighted by Gasteiger charge is -2.51. The Morgan fingerprint density at radius 1 is 1.12 bits per heavy atom. The van der Waals surface area contributed by atoms with Crippen LogP contribution in [0.15, 0.2) is 48.0 Å². The van der Waals surface area contributed by atoms with Crippen molar-refractivity contribution < 1.29 is 54.1 Å². The van der Waals surface area contributed by atoms with Gasteiger partial charge in [0.15, 0.2) is 23.7 Å². The predicted octanol–water partition coefficient (Wildman–Crippen LogP) is 2.83. The van der Waals surface area contributed by atoms with Gasteiger partial charge in [0.2, 0.25) is 5.79 Å². The van der Waals surface area contributed by atoms with Crippen LogP contribution in [0, 0.1) is 11.8 Å². The van der Waals surface area contributed by atoms with Crippen LogP contribution in [0.2, 0.25) is 0 Å². The van der Waals surface area contributed by atoms with Crippen LogP contribution in [-0.2, 0) is 30.2 Å². The summed E-state index contributed by atoms with van der Waals surface area (Å²) < 4.78 is 22.5. The number of carbonyl (C=O) groups excluding carboxylic acids is 2. The molecule has 2 aromatic carbocycles. The summed E-state index contributed by atoms with van der Waals surface area (Å²) in [6.45, 7) is 5.27. The molecule has 272 valence electrons. The molecule has 6 N–H and O–H groups in total. The van der Waals surface area contributed by atoms with Crippen LogP contribution in [-0.4, -0.2) is 101 Å². The summed E-state index contributed by atoms with van der Waals surface area (Å²) >= 11 is 0. The van der Waals surface area contributed by atoms with Gasteiger partial charge in [0.1, 0.15) is 12.2 Å². The monoisotopic (exact) mass is 695 g/mol. The van der Waals surface area contributed by atoms with Crippen LogP contribution in [0.5, 0.6) is 11.5 Å². The number of nitrogens with one attached hydrogen (secondary N) is 1. The van der Waals surface area contributed by atoms with E-state index in [9.17, 15) is 35.1 Å². The van der Waals surface area contributed by atoms with E-state index in [0.29, 0.717) is 17.9 Å². The molecule has 5 rings (SSSR count). The molecule has 2 bridgehead atoms. The lowest BCUT2D eigenvalue weighted by Crippen LogP contribution is -2.73. The van der Waals surface area contributed by atoms with E-state index in [1.54, 1.807) is 18.2 Å². The summed E-state index contributed by atoms with van der Waals surface area (Å²) in [5.74, 6) is -3.94. The number of hydrogen-bond donors (Lipinski definition) is 6. The number of rotatable bonds is 13. The molecule has 12 heteroatoms. The Morgan fingerprint density at radius 2 is 1.90 bits per heavy atom. The zero-order chi connectivity index (χ0) is 36.2. The second-order valence-electron chi connectivity index (χ2n) is 13.8. The Balaban J connectivity index is 1.58. The number of morpholine rings is 1. The second-order valence-corrected chi connectivity index (χ2v) is 13.8. The SMILES string of the molecule is COc1cc(/C=C(\C[C@@H]2c3cc(CCO)ccc3C(CCC(C)C)=C[C@H]2CO)C(=O)O[C@@H]2[C@H](OC(C)=O)[C@@H](O)[C@@H]3CNC[C@@]2(O)O3)ccc1O. The standard InChI is InChI=1S/C38H49NO11/c1-21(2)5-8-25-16-27(19-41)29(30-14-23(11-12-40)6-9-28(25)30)17-26(13-24-7-10-31(43)32(15-24)47-4)37(45)49-36-35(48-22(3)42)34(44)33-18-39-20-38(36,46)50-33/h6-7,9-10,13-16,21,27,29,33-36,39-41,43-44,46H,5,8,11-12,17-20H2,1-4H3/b26-13+/t27-,29-,33-,34-,35+,36+,38+/m0/s1. The van der Waals surface area contributed by atoms with E-state index in [0.717, 1.165) is 42.0 Å². The molecule has 2 heterocycles. The lowest BCUT2D eigenvalue weighted by molar-refractivity contribution is -0.355. The quantitative estimate of drug-likeness (QED) is 0.133. The minimum atomic E-state index is -2.11. The lowest BCUT2D eigenvalue weighted by atomic mass is 9.72. The number of allylic oxidation sites excluding steroid dienone is 1. The molecular formula is C38H49NO11. The zero-order valence-electron chi connectivity index (χ0n) is 29.0. The van der Waals surface area contributed by atoms with Gasteiger partial charge in [-0.25, -0.2) is 4.79 Å². The maximum atomic E-state index is 14.4. The van der Waals surface area contributed by atoms with Gasteiger partial charge >= 0.3 is 11.9 Å². The van der Waals surface area contributed by atoms with Crippen LogP contribution >= 0.6 is 0 Å². The summed E-state index contributed by atoms with van der Waals surface area (Å²) in [7, 11) is 1.41. The van der Waals surface area contributed by atoms with Crippen molar-refractivity contribution in [2.75, 3.05) is 33.4 Å². The molecule has 1 aliphatic carbocycles. The number of β-amino-alcohol motifs (C(OH)–C–C–N with tert-alkyl or cyclic N) is 1. The molecule has 0 saturated carbocycles. The topological polar surface area (TPSA) is 184 Å². The largest absolute Gasteiger partial charge is 0.504 e. The van der Waals surface area contributed by atoms with Gasteiger partial charge < -0.3 is 49.8 Å². The first-order valence-electron chi connectivity index (χ1n) is 17.2. The van der Waals surface area contributed by atoms with Crippen molar-refractivity contribution in [1.82, 2.24) is 5.32 Å². The highest BCUT2D eigenvalue weighted by Gasteiger charge is 2.59. The number of aromatic hydroxyl groups is 1. The van der Waals surface area contributed by atoms with E-state index in [1.165, 1.54) is 13.2 Å². The van der Waals surface area contributed by atoms with Crippen LogP contribution in [0.4, 0.5) is 0 Å². The third-order valence-electron chi connectivity index (χ3n) is 9.72. The summed E-state index contributed by atoms with van der Waals surface area (Å²) in [5.41, 5.74) is 4.59. The number of benzene rings is 2. The molecular weight excluding hydrogens is 646 g/mol. The molecule has 2 aromatic rings. The van der Waals surface area contributed by atoms with Crippen molar-refractivity contribution in [2.24, 2.45) is 11.8 Å². The Bertz CT molecular complexity index is 1600. The summed E-state index contributed by atoms with van der Waals surface area (Å²) in [4.78, 5) is 26.5. The van der Waals surface area contributed by atoms with E-state index in [4.69, 9.17) is 18.9 Å². The van der Waals surface area contributed by atoms with Gasteiger partial charge in [0.05, 0.1) is 13.7 Å². The summed E-state index contributed by atoms with van der Waals surface area (Å²) in [6.07, 6.45) is 0.597. The smallest absolute Gasteiger partial charge is 0.334 e. The minimum Gasteiger partial charge on any atom is -0.504 e. The maximum Gasteiger partial charge on any atom is 0.334 e. The van der Waals surface area contributed by atoms with E-state index in [1.807, 2.05) is 18.2 Å². The average Bonchev–Trinajstić information content (AvgIpc) is 3.08. The number of ether oxygens (including phenoxy) is 4. The number of fused-ring (bicyclic) bond motifs is 3. The van der Waals surface area contributed by atoms with Gasteiger partial charge in [-0.05, 0) is 83.6 Å². The van der Waals surface area contributed by atoms with Gasteiger partial charge in [-0.3, -0.25) is 4.79 Å². The number of carbonyl (C=O) groups is 2. The van der Waals surface area contributed by atoms with Gasteiger partial charge in [-0.1, -0.05) is 44.2 Å². The molecule has 0 radical (unpaired) electrons. The molecule has 0 unspecified atom stereocenters. The Hall–Kier alpha value is -3.78. The molecule has 2 saturated heterocycles. The van der Waals surface area contributed by atoms with Gasteiger partial charge in [0.25, 0.3) is 0 Å². The van der Waals surface area contributed by atoms with Crippen molar-refractivity contribution in [3.63, 3.8) is 0 Å². The molecule has 2 aliphatic heterocycles. The predicted molar refractivity (Wildman–Crippen MR) is 184 cm³/mol. The van der Waals surface area contributed by atoms with Crippen molar-refractivity contribution in [1.29, 1.82) is 0 Å². The average molecular weight is 696 g/mol. The fraction of sp³-hybridized carbons (Fsp3) is 0.526. The number of aliphatic hydroxyl groups is 4. The first-order valence-corrected chi connectivity index (χ1v) is 17.2. The second kappa shape index (κ2) is 16.1. The van der Waals surface area contributed by atoms with E-state index in [-0.39, 0.29) is 55.7 Å². The third-order valence-corrected chi connectivity index (χ3v) is 9.72. The molecule has 0 aromatic heterocycles. The first kappa shape index (κ1) is 37.5. The molecule has 7 atom stereocenters. The molecule has 0 spiro atoms. The number of phenolic OH excluding ortho intramolecular Hbond substituents is 1. The Labute approximate surface area is 292 Å². The highest BCUT2D eigenvalue weighted by Crippen LogP contribution is 2.45. The van der Waals surface area contributed by atoms with Gasteiger partial charge in [0, 0.05) is 38.2 Å². The fourth-order valence-corrected chi connectivity index (χ4v) is 7.14. The number of hydrogen-bond acceptors (Lipinski definition) is 12. The van der Waals surface area contributed by atoms with Crippen LogP contribution < -0.4 is 10.1 Å². The van der Waals surface area contributed by atoms with E-state index in [2.05, 4.69) is 25.2 Å². The zero-order valence-corrected chi connectivity index (χ0v) is 29.0. The maximum absolute atomic E-state index is 14.4. The Kier molecular flexibility index (Phi) is 12.0. The number of esters is 2. The number of aliphatic hydroxyl groups excluding tert-OH is 3. The van der Waals surface area contributed by atoms with E-state index >= 15 is 0 Å². The normalized spacial score (nSPS) is 27.7. The molecule has 0 amide bonds. The van der Waals surface area contributed by atoms with Gasteiger partial charge in [-0.2, -0.15) is 0 Å². The number of methoxy groups -OCH3 is 1. The van der Waals surface area contributed by atoms with Gasteiger partial charge in [-0.15, -0.1) is 0 Å². The molecule has 12 nitrogen and oxygen atoms in total. The van der Waals surface area contributed by atoms with Crippen LogP contribution in [0.25, 0.3) is 11.6 Å². The fourth-order valence-electron chi connectivity index (χ4n) is 7.14. The van der Waals surface area contributed by atoms with Crippen molar-refractivity contribution in [3.05, 3.63) is 70.3 Å². The van der Waals surface area contributed by atoms with Crippen LogP contribution in [0.1, 0.15) is 68.2 Å².